The summed E-state index contributed by atoms with van der Waals surface area (Å²) in [5.41, 5.74) is 0.975. The van der Waals surface area contributed by atoms with Crippen LogP contribution in [0.25, 0.3) is 0 Å². The summed E-state index contributed by atoms with van der Waals surface area (Å²) in [5, 5.41) is 0. The summed E-state index contributed by atoms with van der Waals surface area (Å²) in [4.78, 5) is 28.7. The number of ether oxygens (including phenoxy) is 2. The molecule has 6 heteroatoms. The van der Waals surface area contributed by atoms with Gasteiger partial charge in [0.05, 0.1) is 6.10 Å². The van der Waals surface area contributed by atoms with Gasteiger partial charge < -0.3 is 19.3 Å². The lowest BCUT2D eigenvalue weighted by Gasteiger charge is -2.37. The Bertz CT molecular complexity index is 621. The van der Waals surface area contributed by atoms with Gasteiger partial charge in [0.25, 0.3) is 0 Å². The van der Waals surface area contributed by atoms with E-state index in [1.54, 1.807) is 4.90 Å². The summed E-state index contributed by atoms with van der Waals surface area (Å²) in [6.07, 6.45) is 4.82. The van der Waals surface area contributed by atoms with E-state index < -0.39 is 0 Å². The van der Waals surface area contributed by atoms with Crippen LogP contribution in [0.2, 0.25) is 0 Å². The first-order valence-corrected chi connectivity index (χ1v) is 10.5. The minimum Gasteiger partial charge on any atom is -0.445 e. The number of nitrogens with zero attached hydrogens (tertiary/aromatic N) is 2. The van der Waals surface area contributed by atoms with Crippen LogP contribution in [0.1, 0.15) is 44.6 Å². The number of hydrogen-bond donors (Lipinski definition) is 0. The van der Waals surface area contributed by atoms with Crippen LogP contribution in [0, 0.1) is 5.92 Å². The van der Waals surface area contributed by atoms with Crippen molar-refractivity contribution < 1.29 is 19.1 Å². The lowest BCUT2D eigenvalue weighted by atomic mass is 9.86. The fourth-order valence-electron chi connectivity index (χ4n) is 3.94. The lowest BCUT2D eigenvalue weighted by molar-refractivity contribution is -0.139. The number of amides is 2. The van der Waals surface area contributed by atoms with Crippen LogP contribution in [0.3, 0.4) is 0 Å². The quantitative estimate of drug-likeness (QED) is 0.749. The van der Waals surface area contributed by atoms with Gasteiger partial charge in [-0.3, -0.25) is 4.79 Å². The van der Waals surface area contributed by atoms with Crippen molar-refractivity contribution >= 4 is 12.0 Å². The van der Waals surface area contributed by atoms with E-state index >= 15 is 0 Å². The van der Waals surface area contributed by atoms with E-state index in [0.29, 0.717) is 32.3 Å². The Morgan fingerprint density at radius 1 is 0.964 bits per heavy atom. The predicted octanol–water partition coefficient (Wildman–Crippen LogP) is 3.45. The van der Waals surface area contributed by atoms with Crippen molar-refractivity contribution in [2.75, 3.05) is 32.8 Å². The van der Waals surface area contributed by atoms with Gasteiger partial charge in [0.1, 0.15) is 6.61 Å². The van der Waals surface area contributed by atoms with Crippen LogP contribution in [0.5, 0.6) is 0 Å². The van der Waals surface area contributed by atoms with Gasteiger partial charge in [0.15, 0.2) is 0 Å². The second kappa shape index (κ2) is 10.5. The molecule has 2 aliphatic rings. The highest BCUT2D eigenvalue weighted by Gasteiger charge is 2.32. The first-order chi connectivity index (χ1) is 13.7. The number of carbonyl (C=O) groups is 2. The fourth-order valence-corrected chi connectivity index (χ4v) is 3.94. The molecule has 3 rings (SSSR count). The first kappa shape index (κ1) is 20.6. The van der Waals surface area contributed by atoms with Crippen molar-refractivity contribution in [2.45, 2.75) is 51.7 Å². The molecule has 154 valence electrons. The van der Waals surface area contributed by atoms with Gasteiger partial charge in [-0.25, -0.2) is 4.79 Å². The fraction of sp³-hybridized carbons (Fsp3) is 0.636. The molecule has 0 atom stereocenters. The van der Waals surface area contributed by atoms with E-state index in [-0.39, 0.29) is 24.5 Å². The second-order valence-electron chi connectivity index (χ2n) is 7.70. The third-order valence-corrected chi connectivity index (χ3v) is 5.64. The molecule has 0 unspecified atom stereocenters. The monoisotopic (exact) mass is 388 g/mol. The summed E-state index contributed by atoms with van der Waals surface area (Å²) in [6.45, 7) is 5.46. The highest BCUT2D eigenvalue weighted by molar-refractivity contribution is 5.79. The lowest BCUT2D eigenvalue weighted by Crippen LogP contribution is -2.52. The molecule has 0 N–H and O–H groups in total. The zero-order chi connectivity index (χ0) is 19.8. The zero-order valence-electron chi connectivity index (χ0n) is 16.8. The molecule has 2 fully saturated rings. The molecule has 1 aliphatic carbocycles. The normalized spacial score (nSPS) is 22.8. The summed E-state index contributed by atoms with van der Waals surface area (Å²) < 4.78 is 11.2. The molecule has 1 aliphatic heterocycles. The highest BCUT2D eigenvalue weighted by Crippen LogP contribution is 2.28. The Kier molecular flexibility index (Phi) is 7.71. The molecule has 1 aromatic rings. The summed E-state index contributed by atoms with van der Waals surface area (Å²) in [5.74, 6) is 0.351. The topological polar surface area (TPSA) is 59.1 Å². The second-order valence-corrected chi connectivity index (χ2v) is 7.70. The van der Waals surface area contributed by atoms with Crippen LogP contribution in [0.15, 0.2) is 30.3 Å². The largest absolute Gasteiger partial charge is 0.445 e. The molecule has 1 saturated carbocycles. The summed E-state index contributed by atoms with van der Waals surface area (Å²) >= 11 is 0. The van der Waals surface area contributed by atoms with Crippen molar-refractivity contribution in [2.24, 2.45) is 5.92 Å². The zero-order valence-corrected chi connectivity index (χ0v) is 16.8. The minimum absolute atomic E-state index is 0.109. The number of benzene rings is 1. The standard InChI is InChI=1S/C22H32N2O4/c1-2-16-27-20-10-8-19(9-11-20)21(25)23-12-14-24(15-13-23)22(26)28-17-18-6-4-3-5-7-18/h3-7,19-20H,2,8-17H2,1H3/t19-,20-. The van der Waals surface area contributed by atoms with Gasteiger partial charge >= 0.3 is 6.09 Å². The molecule has 1 saturated heterocycles. The molecule has 28 heavy (non-hydrogen) atoms. The van der Waals surface area contributed by atoms with E-state index in [9.17, 15) is 9.59 Å². The molecular weight excluding hydrogens is 356 g/mol. The summed E-state index contributed by atoms with van der Waals surface area (Å²) in [7, 11) is 0. The van der Waals surface area contributed by atoms with Crippen LogP contribution < -0.4 is 0 Å². The van der Waals surface area contributed by atoms with Crippen LogP contribution >= 0.6 is 0 Å². The average Bonchev–Trinajstić information content (AvgIpc) is 2.76. The Labute approximate surface area is 167 Å². The molecule has 6 nitrogen and oxygen atoms in total. The van der Waals surface area contributed by atoms with Gasteiger partial charge in [-0.2, -0.15) is 0 Å². The summed E-state index contributed by atoms with van der Waals surface area (Å²) in [6, 6.07) is 9.66. The van der Waals surface area contributed by atoms with Crippen molar-refractivity contribution in [3.05, 3.63) is 35.9 Å². The van der Waals surface area contributed by atoms with Crippen molar-refractivity contribution in [3.8, 4) is 0 Å². The SMILES string of the molecule is CCCO[C@H]1CC[C@H](C(=O)N2CCN(C(=O)OCc3ccccc3)CC2)CC1. The molecule has 2 amide bonds. The van der Waals surface area contributed by atoms with E-state index in [1.165, 1.54) is 0 Å². The highest BCUT2D eigenvalue weighted by atomic mass is 16.6. The number of carbonyl (C=O) groups excluding carboxylic acids is 2. The number of rotatable bonds is 6. The van der Waals surface area contributed by atoms with E-state index in [4.69, 9.17) is 9.47 Å². The third kappa shape index (κ3) is 5.71. The molecule has 1 heterocycles. The molecular formula is C22H32N2O4. The number of piperazine rings is 1. The van der Waals surface area contributed by atoms with E-state index in [0.717, 1.165) is 44.3 Å². The Hall–Kier alpha value is -2.08. The van der Waals surface area contributed by atoms with Gasteiger partial charge in [-0.1, -0.05) is 37.3 Å². The molecule has 0 radical (unpaired) electrons. The van der Waals surface area contributed by atoms with Crippen molar-refractivity contribution in [3.63, 3.8) is 0 Å². The maximum absolute atomic E-state index is 12.8. The van der Waals surface area contributed by atoms with E-state index in [2.05, 4.69) is 6.92 Å². The number of hydrogen-bond acceptors (Lipinski definition) is 4. The molecule has 0 spiro atoms. The van der Waals surface area contributed by atoms with Gasteiger partial charge in [-0.15, -0.1) is 0 Å². The minimum atomic E-state index is -0.301. The molecule has 0 aromatic heterocycles. The van der Waals surface area contributed by atoms with Crippen molar-refractivity contribution in [1.82, 2.24) is 9.80 Å². The molecule has 1 aromatic carbocycles. The van der Waals surface area contributed by atoms with Crippen molar-refractivity contribution in [1.29, 1.82) is 0 Å². The smallest absolute Gasteiger partial charge is 0.410 e. The Morgan fingerprint density at radius 2 is 1.61 bits per heavy atom. The van der Waals surface area contributed by atoms with Crippen LogP contribution in [0.4, 0.5) is 4.79 Å². The van der Waals surface area contributed by atoms with E-state index in [1.807, 2.05) is 35.2 Å². The van der Waals surface area contributed by atoms with Crippen LogP contribution in [-0.4, -0.2) is 60.7 Å². The van der Waals surface area contributed by atoms with Gasteiger partial charge in [-0.05, 0) is 37.7 Å². The van der Waals surface area contributed by atoms with Gasteiger partial charge in [0, 0.05) is 38.7 Å². The maximum Gasteiger partial charge on any atom is 0.410 e. The van der Waals surface area contributed by atoms with Crippen LogP contribution in [-0.2, 0) is 20.9 Å². The predicted molar refractivity (Wildman–Crippen MR) is 107 cm³/mol. The molecule has 0 bridgehead atoms. The third-order valence-electron chi connectivity index (χ3n) is 5.64. The Balaban J connectivity index is 1.37. The Morgan fingerprint density at radius 3 is 2.25 bits per heavy atom. The average molecular weight is 389 g/mol. The maximum atomic E-state index is 12.8. The van der Waals surface area contributed by atoms with Gasteiger partial charge in [0.2, 0.25) is 5.91 Å². The first-order valence-electron chi connectivity index (χ1n) is 10.5.